The third-order valence-corrected chi connectivity index (χ3v) is 7.14. The van der Waals surface area contributed by atoms with Gasteiger partial charge >= 0.3 is 0 Å². The lowest BCUT2D eigenvalue weighted by molar-refractivity contribution is -0.126. The summed E-state index contributed by atoms with van der Waals surface area (Å²) < 4.78 is 6.90. The normalized spacial score (nSPS) is 14.0. The molecule has 40 heavy (non-hydrogen) atoms. The number of anilines is 2. The van der Waals surface area contributed by atoms with Crippen LogP contribution >= 0.6 is 11.6 Å². The monoisotopic (exact) mass is 561 g/mol. The third kappa shape index (κ3) is 5.33. The van der Waals surface area contributed by atoms with Crippen molar-refractivity contribution in [3.8, 4) is 17.0 Å². The van der Waals surface area contributed by atoms with Gasteiger partial charge in [0.05, 0.1) is 42.9 Å². The van der Waals surface area contributed by atoms with Crippen LogP contribution in [-0.4, -0.2) is 61.3 Å². The van der Waals surface area contributed by atoms with Crippen molar-refractivity contribution < 1.29 is 19.4 Å². The van der Waals surface area contributed by atoms with Crippen molar-refractivity contribution in [1.82, 2.24) is 30.0 Å². The molecule has 5 rings (SSSR count). The summed E-state index contributed by atoms with van der Waals surface area (Å²) >= 11 is 6.44. The zero-order chi connectivity index (χ0) is 28.4. The highest BCUT2D eigenvalue weighted by Gasteiger charge is 2.35. The molecule has 206 valence electrons. The Labute approximate surface area is 235 Å². The summed E-state index contributed by atoms with van der Waals surface area (Å²) in [5, 5.41) is 20.3. The maximum absolute atomic E-state index is 13.4. The number of aromatic nitrogens is 4. The highest BCUT2D eigenvalue weighted by atomic mass is 35.5. The minimum Gasteiger partial charge on any atom is -0.497 e. The molecule has 0 saturated heterocycles. The number of nitrogens with one attached hydrogen (secondary N) is 2. The number of aryl methyl sites for hydroxylation is 1. The Balaban J connectivity index is 1.33. The van der Waals surface area contributed by atoms with Crippen LogP contribution in [-0.2, 0) is 18.4 Å². The number of hydrogen-bond donors (Lipinski definition) is 3. The first-order valence-corrected chi connectivity index (χ1v) is 12.9. The van der Waals surface area contributed by atoms with E-state index < -0.39 is 12.1 Å². The average molecular weight is 562 g/mol. The number of aliphatic hydroxyl groups is 1. The molecule has 0 radical (unpaired) electrons. The molecule has 0 fully saturated rings. The largest absolute Gasteiger partial charge is 0.497 e. The average Bonchev–Trinajstić information content (AvgIpc) is 3.53. The zero-order valence-electron chi connectivity index (χ0n) is 22.1. The molecule has 0 spiro atoms. The van der Waals surface area contributed by atoms with Gasteiger partial charge in [0.2, 0.25) is 11.9 Å². The zero-order valence-corrected chi connectivity index (χ0v) is 22.9. The summed E-state index contributed by atoms with van der Waals surface area (Å²) in [4.78, 5) is 36.9. The van der Waals surface area contributed by atoms with Gasteiger partial charge in [0, 0.05) is 30.8 Å². The fourth-order valence-electron chi connectivity index (χ4n) is 4.55. The molecule has 2 aromatic heterocycles. The van der Waals surface area contributed by atoms with Gasteiger partial charge in [-0.3, -0.25) is 14.3 Å². The number of carbonyl (C=O) groups is 2. The standard InChI is InChI=1S/C28H28ClN7O4/c1-16(26(38)32-23(15-37)17-5-4-6-20(11-17)40-3)36-14-19-8-7-18(12-21(19)27(36)39)25-22(29)13-30-28(34-25)33-24-9-10-31-35(24)2/h4-13,16,23,37H,14-15H2,1-3H3,(H,32,38)(H,30,33,34)/t16-,23-/m1/s1. The van der Waals surface area contributed by atoms with Gasteiger partial charge in [0.1, 0.15) is 17.6 Å². The van der Waals surface area contributed by atoms with Crippen LogP contribution in [0.25, 0.3) is 11.3 Å². The molecular weight excluding hydrogens is 534 g/mol. The van der Waals surface area contributed by atoms with Crippen molar-refractivity contribution in [2.24, 2.45) is 7.05 Å². The highest BCUT2D eigenvalue weighted by molar-refractivity contribution is 6.33. The Kier molecular flexibility index (Phi) is 7.67. The molecule has 3 N–H and O–H groups in total. The second kappa shape index (κ2) is 11.3. The molecule has 2 aromatic carbocycles. The predicted octanol–water partition coefficient (Wildman–Crippen LogP) is 3.48. The van der Waals surface area contributed by atoms with Crippen molar-refractivity contribution in [2.45, 2.75) is 25.6 Å². The van der Waals surface area contributed by atoms with Crippen molar-refractivity contribution in [1.29, 1.82) is 0 Å². The fraction of sp³-hybridized carbons (Fsp3) is 0.250. The van der Waals surface area contributed by atoms with E-state index in [0.717, 1.165) is 5.56 Å². The van der Waals surface area contributed by atoms with Crippen LogP contribution < -0.4 is 15.4 Å². The first-order valence-electron chi connectivity index (χ1n) is 12.6. The number of aliphatic hydroxyl groups excluding tert-OH is 1. The molecule has 1 aliphatic heterocycles. The lowest BCUT2D eigenvalue weighted by Crippen LogP contribution is -2.46. The van der Waals surface area contributed by atoms with Crippen LogP contribution in [0.2, 0.25) is 5.02 Å². The van der Waals surface area contributed by atoms with Gasteiger partial charge in [-0.05, 0) is 36.2 Å². The summed E-state index contributed by atoms with van der Waals surface area (Å²) in [6.45, 7) is 1.63. The fourth-order valence-corrected chi connectivity index (χ4v) is 4.75. The molecule has 0 bridgehead atoms. The lowest BCUT2D eigenvalue weighted by Gasteiger charge is -2.26. The molecule has 12 heteroatoms. The molecule has 2 amide bonds. The van der Waals surface area contributed by atoms with Crippen LogP contribution in [0, 0.1) is 0 Å². The summed E-state index contributed by atoms with van der Waals surface area (Å²) in [6.07, 6.45) is 3.15. The maximum atomic E-state index is 13.4. The number of hydrogen-bond acceptors (Lipinski definition) is 8. The van der Waals surface area contributed by atoms with E-state index >= 15 is 0 Å². The second-order valence-electron chi connectivity index (χ2n) is 9.36. The Morgan fingerprint density at radius 2 is 2.05 bits per heavy atom. The maximum Gasteiger partial charge on any atom is 0.255 e. The molecule has 0 aliphatic carbocycles. The van der Waals surface area contributed by atoms with Gasteiger partial charge in [-0.2, -0.15) is 5.10 Å². The van der Waals surface area contributed by atoms with Gasteiger partial charge in [-0.25, -0.2) is 9.97 Å². The van der Waals surface area contributed by atoms with E-state index in [0.29, 0.717) is 44.9 Å². The Bertz CT molecular complexity index is 1570. The van der Waals surface area contributed by atoms with E-state index in [4.69, 9.17) is 16.3 Å². The predicted molar refractivity (Wildman–Crippen MR) is 149 cm³/mol. The molecule has 1 aliphatic rings. The molecule has 4 aromatic rings. The van der Waals surface area contributed by atoms with Gasteiger partial charge < -0.3 is 25.4 Å². The number of amides is 2. The van der Waals surface area contributed by atoms with Crippen LogP contribution in [0.1, 0.15) is 34.5 Å². The topological polar surface area (TPSA) is 134 Å². The molecule has 0 saturated carbocycles. The van der Waals surface area contributed by atoms with Gasteiger partial charge in [0.25, 0.3) is 5.91 Å². The highest BCUT2D eigenvalue weighted by Crippen LogP contribution is 2.32. The van der Waals surface area contributed by atoms with E-state index in [1.807, 2.05) is 12.1 Å². The summed E-state index contributed by atoms with van der Waals surface area (Å²) in [7, 11) is 3.34. The van der Waals surface area contributed by atoms with Gasteiger partial charge in [-0.15, -0.1) is 0 Å². The SMILES string of the molecule is COc1cccc([C@@H](CO)NC(=O)[C@@H](C)N2Cc3ccc(-c4nc(Nc5ccnn5C)ncc4Cl)cc3C2=O)c1. The van der Waals surface area contributed by atoms with Gasteiger partial charge in [0.15, 0.2) is 0 Å². The minimum atomic E-state index is -0.777. The number of nitrogens with zero attached hydrogens (tertiary/aromatic N) is 5. The number of ether oxygens (including phenoxy) is 1. The number of benzene rings is 2. The van der Waals surface area contributed by atoms with E-state index in [1.165, 1.54) is 11.1 Å². The van der Waals surface area contributed by atoms with Crippen molar-refractivity contribution >= 4 is 35.2 Å². The van der Waals surface area contributed by atoms with Crippen molar-refractivity contribution in [3.05, 3.63) is 82.6 Å². The number of carbonyl (C=O) groups excluding carboxylic acids is 2. The minimum absolute atomic E-state index is 0.275. The van der Waals surface area contributed by atoms with E-state index in [-0.39, 0.29) is 25.0 Å². The first-order chi connectivity index (χ1) is 19.3. The number of halogens is 1. The van der Waals surface area contributed by atoms with Crippen LogP contribution in [0.5, 0.6) is 5.75 Å². The Hall–Kier alpha value is -4.48. The Morgan fingerprint density at radius 1 is 1.23 bits per heavy atom. The van der Waals surface area contributed by atoms with Crippen LogP contribution in [0.4, 0.5) is 11.8 Å². The Morgan fingerprint density at radius 3 is 2.77 bits per heavy atom. The third-order valence-electron chi connectivity index (χ3n) is 6.86. The van der Waals surface area contributed by atoms with Crippen LogP contribution in [0.15, 0.2) is 60.9 Å². The van der Waals surface area contributed by atoms with Gasteiger partial charge in [-0.1, -0.05) is 35.9 Å². The smallest absolute Gasteiger partial charge is 0.255 e. The first kappa shape index (κ1) is 27.1. The number of rotatable bonds is 9. The lowest BCUT2D eigenvalue weighted by atomic mass is 10.0. The molecule has 11 nitrogen and oxygen atoms in total. The van der Waals surface area contributed by atoms with E-state index in [1.54, 1.807) is 68.4 Å². The molecular formula is C28H28ClN7O4. The molecule has 0 unspecified atom stereocenters. The van der Waals surface area contributed by atoms with Crippen LogP contribution in [0.3, 0.4) is 0 Å². The number of fused-ring (bicyclic) bond motifs is 1. The number of methoxy groups -OCH3 is 1. The quantitative estimate of drug-likeness (QED) is 0.283. The summed E-state index contributed by atoms with van der Waals surface area (Å²) in [5.41, 5.74) is 3.06. The molecule has 2 atom stereocenters. The van der Waals surface area contributed by atoms with Crippen molar-refractivity contribution in [3.63, 3.8) is 0 Å². The summed E-state index contributed by atoms with van der Waals surface area (Å²) in [6, 6.07) is 12.9. The second-order valence-corrected chi connectivity index (χ2v) is 9.76. The molecule has 3 heterocycles. The van der Waals surface area contributed by atoms with E-state index in [2.05, 4.69) is 25.7 Å². The van der Waals surface area contributed by atoms with Crippen molar-refractivity contribution in [2.75, 3.05) is 19.0 Å². The van der Waals surface area contributed by atoms with E-state index in [9.17, 15) is 14.7 Å². The summed E-state index contributed by atoms with van der Waals surface area (Å²) in [5.74, 6) is 0.988.